The largest absolute Gasteiger partial charge is 0.380 e. The van der Waals surface area contributed by atoms with E-state index in [1.807, 2.05) is 0 Å². The van der Waals surface area contributed by atoms with Crippen molar-refractivity contribution >= 4 is 0 Å². The van der Waals surface area contributed by atoms with Gasteiger partial charge in [-0.15, -0.1) is 0 Å². The molecule has 0 aromatic heterocycles. The molecule has 0 aliphatic carbocycles. The van der Waals surface area contributed by atoms with Gasteiger partial charge in [0, 0.05) is 26.3 Å². The van der Waals surface area contributed by atoms with Crippen LogP contribution in [0.1, 0.15) is 33.1 Å². The maximum absolute atomic E-state index is 5.47. The molecule has 0 bridgehead atoms. The van der Waals surface area contributed by atoms with Gasteiger partial charge in [0.25, 0.3) is 0 Å². The molecular formula is C15H32N2O2. The summed E-state index contributed by atoms with van der Waals surface area (Å²) in [7, 11) is 0. The smallest absolute Gasteiger partial charge is 0.0593 e. The standard InChI is InChI=1S/C15H32N2O2/c1-3-18-12-10-17(11-13-19-4-2)9-7-15-6-5-8-16-14-15/h15-16H,3-14H2,1-2H3. The lowest BCUT2D eigenvalue weighted by Crippen LogP contribution is -2.36. The molecule has 0 aromatic rings. The van der Waals surface area contributed by atoms with E-state index in [4.69, 9.17) is 9.47 Å². The van der Waals surface area contributed by atoms with E-state index >= 15 is 0 Å². The van der Waals surface area contributed by atoms with E-state index in [1.54, 1.807) is 0 Å². The molecule has 4 heteroatoms. The zero-order chi connectivity index (χ0) is 13.8. The minimum absolute atomic E-state index is 0.811. The Labute approximate surface area is 118 Å². The van der Waals surface area contributed by atoms with Crippen LogP contribution in [0.3, 0.4) is 0 Å². The van der Waals surface area contributed by atoms with Crippen LogP contribution in [0, 0.1) is 5.92 Å². The fraction of sp³-hybridized carbons (Fsp3) is 1.00. The van der Waals surface area contributed by atoms with Crippen molar-refractivity contribution in [2.24, 2.45) is 5.92 Å². The minimum atomic E-state index is 0.811. The fourth-order valence-electron chi connectivity index (χ4n) is 2.55. The summed E-state index contributed by atoms with van der Waals surface area (Å²) in [6.07, 6.45) is 4.02. The molecule has 0 aromatic carbocycles. The third kappa shape index (κ3) is 8.58. The van der Waals surface area contributed by atoms with Crippen LogP contribution in [0.25, 0.3) is 0 Å². The van der Waals surface area contributed by atoms with E-state index in [-0.39, 0.29) is 0 Å². The lowest BCUT2D eigenvalue weighted by atomic mass is 9.96. The van der Waals surface area contributed by atoms with Crippen LogP contribution in [0.15, 0.2) is 0 Å². The Kier molecular flexibility index (Phi) is 10.4. The Morgan fingerprint density at radius 3 is 2.26 bits per heavy atom. The van der Waals surface area contributed by atoms with Crippen LogP contribution in [0.5, 0.6) is 0 Å². The highest BCUT2D eigenvalue weighted by atomic mass is 16.5. The molecule has 1 rings (SSSR count). The number of hydrogen-bond acceptors (Lipinski definition) is 4. The molecule has 4 nitrogen and oxygen atoms in total. The summed E-state index contributed by atoms with van der Waals surface area (Å²) >= 11 is 0. The number of nitrogens with zero attached hydrogens (tertiary/aromatic N) is 1. The summed E-state index contributed by atoms with van der Waals surface area (Å²) in [6, 6.07) is 0. The minimum Gasteiger partial charge on any atom is -0.380 e. The average molecular weight is 272 g/mol. The number of rotatable bonds is 11. The van der Waals surface area contributed by atoms with Gasteiger partial charge in [0.1, 0.15) is 0 Å². The Morgan fingerprint density at radius 1 is 1.05 bits per heavy atom. The zero-order valence-corrected chi connectivity index (χ0v) is 12.8. The highest BCUT2D eigenvalue weighted by Gasteiger charge is 2.14. The van der Waals surface area contributed by atoms with Gasteiger partial charge < -0.3 is 14.8 Å². The van der Waals surface area contributed by atoms with Gasteiger partial charge in [0.2, 0.25) is 0 Å². The van der Waals surface area contributed by atoms with Gasteiger partial charge in [-0.25, -0.2) is 0 Å². The summed E-state index contributed by atoms with van der Waals surface area (Å²) in [5, 5.41) is 3.50. The van der Waals surface area contributed by atoms with Crippen LogP contribution < -0.4 is 5.32 Å². The molecule has 0 amide bonds. The van der Waals surface area contributed by atoms with Gasteiger partial charge >= 0.3 is 0 Å². The summed E-state index contributed by atoms with van der Waals surface area (Å²) in [4.78, 5) is 2.49. The van der Waals surface area contributed by atoms with E-state index in [2.05, 4.69) is 24.1 Å². The van der Waals surface area contributed by atoms with E-state index in [0.29, 0.717) is 0 Å². The predicted molar refractivity (Wildman–Crippen MR) is 79.6 cm³/mol. The summed E-state index contributed by atoms with van der Waals surface area (Å²) in [5.41, 5.74) is 0. The quantitative estimate of drug-likeness (QED) is 0.581. The van der Waals surface area contributed by atoms with Crippen LogP contribution in [0.4, 0.5) is 0 Å². The maximum atomic E-state index is 5.47. The van der Waals surface area contributed by atoms with Gasteiger partial charge in [0.15, 0.2) is 0 Å². The SMILES string of the molecule is CCOCCN(CCOCC)CCC1CCCNC1. The van der Waals surface area contributed by atoms with Crippen LogP contribution in [-0.2, 0) is 9.47 Å². The van der Waals surface area contributed by atoms with Crippen molar-refractivity contribution in [3.8, 4) is 0 Å². The van der Waals surface area contributed by atoms with Gasteiger partial charge in [-0.3, -0.25) is 4.90 Å². The molecule has 0 spiro atoms. The first-order valence-electron chi connectivity index (χ1n) is 7.95. The van der Waals surface area contributed by atoms with Crippen molar-refractivity contribution in [2.45, 2.75) is 33.1 Å². The Hall–Kier alpha value is -0.160. The second kappa shape index (κ2) is 11.6. The maximum Gasteiger partial charge on any atom is 0.0593 e. The molecule has 1 unspecified atom stereocenters. The van der Waals surface area contributed by atoms with Crippen molar-refractivity contribution in [1.82, 2.24) is 10.2 Å². The lowest BCUT2D eigenvalue weighted by molar-refractivity contribution is 0.0795. The first-order chi connectivity index (χ1) is 9.36. The molecule has 1 saturated heterocycles. The predicted octanol–water partition coefficient (Wildman–Crippen LogP) is 1.75. The lowest BCUT2D eigenvalue weighted by Gasteiger charge is -2.27. The highest BCUT2D eigenvalue weighted by molar-refractivity contribution is 4.71. The topological polar surface area (TPSA) is 33.7 Å². The van der Waals surface area contributed by atoms with E-state index in [0.717, 1.165) is 45.4 Å². The first-order valence-corrected chi connectivity index (χ1v) is 7.95. The first kappa shape index (κ1) is 16.9. The monoisotopic (exact) mass is 272 g/mol. The van der Waals surface area contributed by atoms with Gasteiger partial charge in [-0.05, 0) is 58.7 Å². The molecule has 1 heterocycles. The zero-order valence-electron chi connectivity index (χ0n) is 12.8. The van der Waals surface area contributed by atoms with Crippen LogP contribution in [-0.4, -0.2) is 64.1 Å². The fourth-order valence-corrected chi connectivity index (χ4v) is 2.55. The summed E-state index contributed by atoms with van der Waals surface area (Å²) < 4.78 is 10.9. The van der Waals surface area contributed by atoms with E-state index in [1.165, 1.54) is 38.9 Å². The molecule has 19 heavy (non-hydrogen) atoms. The Balaban J connectivity index is 2.17. The van der Waals surface area contributed by atoms with Gasteiger partial charge in [-0.1, -0.05) is 0 Å². The van der Waals surface area contributed by atoms with Gasteiger partial charge in [0.05, 0.1) is 13.2 Å². The molecule has 1 fully saturated rings. The molecule has 0 radical (unpaired) electrons. The average Bonchev–Trinajstić information content (AvgIpc) is 2.45. The van der Waals surface area contributed by atoms with Crippen LogP contribution in [0.2, 0.25) is 0 Å². The van der Waals surface area contributed by atoms with Crippen LogP contribution >= 0.6 is 0 Å². The number of nitrogens with one attached hydrogen (secondary N) is 1. The molecule has 0 saturated carbocycles. The molecular weight excluding hydrogens is 240 g/mol. The number of piperidine rings is 1. The van der Waals surface area contributed by atoms with E-state index in [9.17, 15) is 0 Å². The third-order valence-electron chi connectivity index (χ3n) is 3.76. The summed E-state index contributed by atoms with van der Waals surface area (Å²) in [5.74, 6) is 0.857. The van der Waals surface area contributed by atoms with Gasteiger partial charge in [-0.2, -0.15) is 0 Å². The third-order valence-corrected chi connectivity index (χ3v) is 3.76. The second-order valence-electron chi connectivity index (χ2n) is 5.24. The Morgan fingerprint density at radius 2 is 1.74 bits per heavy atom. The van der Waals surface area contributed by atoms with Crippen molar-refractivity contribution in [2.75, 3.05) is 59.2 Å². The van der Waals surface area contributed by atoms with Crippen molar-refractivity contribution in [1.29, 1.82) is 0 Å². The normalized spacial score (nSPS) is 20.1. The molecule has 1 aliphatic heterocycles. The Bertz CT molecular complexity index is 187. The van der Waals surface area contributed by atoms with E-state index < -0.39 is 0 Å². The van der Waals surface area contributed by atoms with Crippen molar-refractivity contribution < 1.29 is 9.47 Å². The van der Waals surface area contributed by atoms with Crippen molar-refractivity contribution in [3.63, 3.8) is 0 Å². The second-order valence-corrected chi connectivity index (χ2v) is 5.24. The highest BCUT2D eigenvalue weighted by Crippen LogP contribution is 2.14. The molecule has 1 N–H and O–H groups in total. The number of hydrogen-bond donors (Lipinski definition) is 1. The summed E-state index contributed by atoms with van der Waals surface area (Å²) in [6.45, 7) is 13.0. The molecule has 114 valence electrons. The molecule has 1 aliphatic rings. The number of ether oxygens (including phenoxy) is 2. The van der Waals surface area contributed by atoms with Crippen molar-refractivity contribution in [3.05, 3.63) is 0 Å². The molecule has 1 atom stereocenters.